The molecule has 0 saturated carbocycles. The summed E-state index contributed by atoms with van der Waals surface area (Å²) < 4.78 is 31.4. The Kier molecular flexibility index (Phi) is 13.7. The molecule has 0 bridgehead atoms. The van der Waals surface area contributed by atoms with Crippen LogP contribution in [0.3, 0.4) is 0 Å². The predicted octanol–water partition coefficient (Wildman–Crippen LogP) is 5.63. The van der Waals surface area contributed by atoms with E-state index in [9.17, 15) is 24.0 Å². The van der Waals surface area contributed by atoms with Crippen LogP contribution in [0.4, 0.5) is 4.79 Å². The van der Waals surface area contributed by atoms with E-state index in [1.807, 2.05) is 0 Å². The summed E-state index contributed by atoms with van der Waals surface area (Å²) in [7, 11) is 0. The third-order valence-corrected chi connectivity index (χ3v) is 6.64. The van der Waals surface area contributed by atoms with Gasteiger partial charge < -0.3 is 28.4 Å². The van der Waals surface area contributed by atoms with Gasteiger partial charge in [0.25, 0.3) is 0 Å². The van der Waals surface area contributed by atoms with Crippen LogP contribution < -0.4 is 0 Å². The second kappa shape index (κ2) is 18.9. The van der Waals surface area contributed by atoms with Gasteiger partial charge in [0, 0.05) is 0 Å². The van der Waals surface area contributed by atoms with E-state index in [4.69, 9.17) is 28.4 Å². The molecule has 0 aliphatic rings. The van der Waals surface area contributed by atoms with Gasteiger partial charge in [-0.15, -0.1) is 0 Å². The SMILES string of the molecule is O=C(CC(OC(=O)OC(CC(=O)OCc1ccccc1)C(=O)OCc1ccccc1)C(=O)OCc1ccccc1)OCc1ccccc1. The van der Waals surface area contributed by atoms with Gasteiger partial charge in [-0.2, -0.15) is 0 Å². The molecule has 0 fully saturated rings. The summed E-state index contributed by atoms with van der Waals surface area (Å²) >= 11 is 0. The second-order valence-corrected chi connectivity index (χ2v) is 10.4. The van der Waals surface area contributed by atoms with E-state index in [0.717, 1.165) is 0 Å². The minimum atomic E-state index is -1.80. The number of hydrogen-bond donors (Lipinski definition) is 0. The third-order valence-electron chi connectivity index (χ3n) is 6.64. The maximum atomic E-state index is 13.0. The quantitative estimate of drug-likeness (QED) is 0.110. The number of benzene rings is 4. The molecule has 0 radical (unpaired) electrons. The average Bonchev–Trinajstić information content (AvgIpc) is 3.12. The van der Waals surface area contributed by atoms with Crippen LogP contribution in [-0.4, -0.2) is 42.2 Å². The molecule has 0 aliphatic heterocycles. The van der Waals surface area contributed by atoms with E-state index in [1.165, 1.54) is 0 Å². The number of ether oxygens (including phenoxy) is 6. The van der Waals surface area contributed by atoms with Crippen molar-refractivity contribution < 1.29 is 52.4 Å². The van der Waals surface area contributed by atoms with Gasteiger partial charge >= 0.3 is 30.0 Å². The Morgan fingerprint density at radius 1 is 0.396 bits per heavy atom. The number of carbonyl (C=O) groups excluding carboxylic acids is 5. The molecule has 0 aromatic heterocycles. The topological polar surface area (TPSA) is 141 Å². The van der Waals surface area contributed by atoms with E-state index in [-0.39, 0.29) is 26.4 Å². The lowest BCUT2D eigenvalue weighted by Gasteiger charge is -2.19. The van der Waals surface area contributed by atoms with Crippen molar-refractivity contribution in [2.24, 2.45) is 0 Å². The summed E-state index contributed by atoms with van der Waals surface area (Å²) in [6, 6.07) is 35.1. The van der Waals surface area contributed by atoms with E-state index in [0.29, 0.717) is 22.3 Å². The van der Waals surface area contributed by atoms with Crippen molar-refractivity contribution in [3.05, 3.63) is 144 Å². The molecule has 4 aromatic rings. The first-order valence-electron chi connectivity index (χ1n) is 15.0. The van der Waals surface area contributed by atoms with Gasteiger partial charge in [0.1, 0.15) is 26.4 Å². The smallest absolute Gasteiger partial charge is 0.461 e. The van der Waals surface area contributed by atoms with Crippen molar-refractivity contribution in [2.45, 2.75) is 51.5 Å². The average molecular weight is 655 g/mol. The highest BCUT2D eigenvalue weighted by Gasteiger charge is 2.34. The fraction of sp³-hybridized carbons (Fsp3) is 0.216. The van der Waals surface area contributed by atoms with Gasteiger partial charge in [-0.1, -0.05) is 121 Å². The van der Waals surface area contributed by atoms with Crippen molar-refractivity contribution in [1.82, 2.24) is 0 Å². The first-order chi connectivity index (χ1) is 23.4. The van der Waals surface area contributed by atoms with E-state index < -0.39 is 55.1 Å². The lowest BCUT2D eigenvalue weighted by atomic mass is 10.2. The van der Waals surface area contributed by atoms with Gasteiger partial charge in [0.2, 0.25) is 12.2 Å². The van der Waals surface area contributed by atoms with Gasteiger partial charge in [-0.05, 0) is 22.3 Å². The summed E-state index contributed by atoms with van der Waals surface area (Å²) in [5, 5.41) is 0. The molecular formula is C37H34O11. The standard InChI is InChI=1S/C37H34O11/c38-33(43-23-27-13-5-1-6-14-27)21-31(35(40)45-25-29-17-9-3-10-18-29)47-37(42)48-32(36(41)46-26-30-19-11-4-12-20-30)22-34(39)44-24-28-15-7-2-8-16-28/h1-20,31-32H,21-26H2. The number of carbonyl (C=O) groups is 5. The van der Waals surface area contributed by atoms with Crippen LogP contribution in [0.25, 0.3) is 0 Å². The Hall–Kier alpha value is -5.97. The molecule has 48 heavy (non-hydrogen) atoms. The molecule has 2 unspecified atom stereocenters. The van der Waals surface area contributed by atoms with Crippen molar-refractivity contribution >= 4 is 30.0 Å². The Morgan fingerprint density at radius 3 is 0.958 bits per heavy atom. The number of hydrogen-bond acceptors (Lipinski definition) is 11. The lowest BCUT2D eigenvalue weighted by molar-refractivity contribution is -0.168. The lowest BCUT2D eigenvalue weighted by Crippen LogP contribution is -2.36. The Morgan fingerprint density at radius 2 is 0.667 bits per heavy atom. The van der Waals surface area contributed by atoms with Gasteiger partial charge in [-0.3, -0.25) is 9.59 Å². The highest BCUT2D eigenvalue weighted by Crippen LogP contribution is 2.14. The van der Waals surface area contributed by atoms with Crippen molar-refractivity contribution in [2.75, 3.05) is 0 Å². The molecule has 0 N–H and O–H groups in total. The minimum absolute atomic E-state index is 0.0870. The van der Waals surface area contributed by atoms with Crippen molar-refractivity contribution in [3.63, 3.8) is 0 Å². The number of rotatable bonds is 16. The minimum Gasteiger partial charge on any atom is -0.461 e. The summed E-state index contributed by atoms with van der Waals surface area (Å²) in [6.07, 6.45) is -6.54. The monoisotopic (exact) mass is 654 g/mol. The Balaban J connectivity index is 1.42. The van der Waals surface area contributed by atoms with Crippen LogP contribution in [-0.2, 0) is 74.0 Å². The largest absolute Gasteiger partial charge is 0.510 e. The first-order valence-corrected chi connectivity index (χ1v) is 15.0. The molecule has 11 heteroatoms. The molecule has 0 aliphatic carbocycles. The van der Waals surface area contributed by atoms with E-state index in [2.05, 4.69) is 0 Å². The molecule has 0 spiro atoms. The van der Waals surface area contributed by atoms with Crippen LogP contribution >= 0.6 is 0 Å². The van der Waals surface area contributed by atoms with Crippen LogP contribution in [0.15, 0.2) is 121 Å². The van der Waals surface area contributed by atoms with E-state index >= 15 is 0 Å². The van der Waals surface area contributed by atoms with Crippen LogP contribution in [0.2, 0.25) is 0 Å². The Labute approximate surface area is 277 Å². The van der Waals surface area contributed by atoms with Gasteiger partial charge in [0.05, 0.1) is 12.8 Å². The first kappa shape index (κ1) is 34.9. The molecule has 0 heterocycles. The summed E-state index contributed by atoms with van der Waals surface area (Å²) in [6.45, 7) is -0.517. The molecular weight excluding hydrogens is 620 g/mol. The Bertz CT molecular complexity index is 1490. The molecule has 4 rings (SSSR count). The normalized spacial score (nSPS) is 11.7. The summed E-state index contributed by atoms with van der Waals surface area (Å²) in [5.41, 5.74) is 2.69. The van der Waals surface area contributed by atoms with Gasteiger partial charge in [0.15, 0.2) is 0 Å². The van der Waals surface area contributed by atoms with Gasteiger partial charge in [-0.25, -0.2) is 14.4 Å². The van der Waals surface area contributed by atoms with E-state index in [1.54, 1.807) is 121 Å². The van der Waals surface area contributed by atoms with Crippen molar-refractivity contribution in [3.8, 4) is 0 Å². The highest BCUT2D eigenvalue weighted by atomic mass is 16.7. The fourth-order valence-electron chi connectivity index (χ4n) is 4.15. The molecule has 0 amide bonds. The molecule has 248 valence electrons. The third kappa shape index (κ3) is 12.4. The van der Waals surface area contributed by atoms with Crippen LogP contribution in [0.5, 0.6) is 0 Å². The molecule has 2 atom stereocenters. The zero-order valence-corrected chi connectivity index (χ0v) is 25.9. The zero-order chi connectivity index (χ0) is 34.0. The molecule has 0 saturated heterocycles. The molecule has 4 aromatic carbocycles. The second-order valence-electron chi connectivity index (χ2n) is 10.4. The maximum absolute atomic E-state index is 13.0. The molecule has 11 nitrogen and oxygen atoms in total. The fourth-order valence-corrected chi connectivity index (χ4v) is 4.15. The summed E-state index contributed by atoms with van der Waals surface area (Å²) in [5.74, 6) is -3.84. The maximum Gasteiger partial charge on any atom is 0.510 e. The number of esters is 4. The highest BCUT2D eigenvalue weighted by molar-refractivity contribution is 5.85. The van der Waals surface area contributed by atoms with Crippen molar-refractivity contribution in [1.29, 1.82) is 0 Å². The zero-order valence-electron chi connectivity index (χ0n) is 25.9. The summed E-state index contributed by atoms with van der Waals surface area (Å²) in [4.78, 5) is 64.3. The van der Waals surface area contributed by atoms with Crippen LogP contribution in [0.1, 0.15) is 35.1 Å². The predicted molar refractivity (Wildman–Crippen MR) is 169 cm³/mol. The van der Waals surface area contributed by atoms with Crippen LogP contribution in [0, 0.1) is 0 Å².